The molecule has 0 amide bonds. The van der Waals surface area contributed by atoms with Crippen molar-refractivity contribution in [2.45, 2.75) is 12.8 Å². The van der Waals surface area contributed by atoms with Crippen LogP contribution >= 0.6 is 0 Å². The summed E-state index contributed by atoms with van der Waals surface area (Å²) in [6.45, 7) is 1.70. The van der Waals surface area contributed by atoms with Gasteiger partial charge < -0.3 is 10.1 Å². The van der Waals surface area contributed by atoms with Crippen molar-refractivity contribution in [3.05, 3.63) is 33.9 Å². The summed E-state index contributed by atoms with van der Waals surface area (Å²) in [6.07, 6.45) is 0.762. The zero-order valence-electron chi connectivity index (χ0n) is 8.56. The van der Waals surface area contributed by atoms with Crippen LogP contribution in [-0.2, 0) is 4.79 Å². The molecule has 0 fully saturated rings. The van der Waals surface area contributed by atoms with Crippen LogP contribution in [-0.4, -0.2) is 18.3 Å². The lowest BCUT2D eigenvalue weighted by Gasteiger charge is -2.06. The first-order valence-corrected chi connectivity index (χ1v) is 4.51. The van der Waals surface area contributed by atoms with Gasteiger partial charge in [0.25, 0.3) is 5.69 Å². The fraction of sp³-hybridized carbons (Fsp3) is 0.300. The van der Waals surface area contributed by atoms with Crippen LogP contribution < -0.4 is 5.32 Å². The molecule has 0 aliphatic heterocycles. The van der Waals surface area contributed by atoms with E-state index in [0.29, 0.717) is 11.3 Å². The predicted octanol–water partition coefficient (Wildman–Crippen LogP) is 1.94. The van der Waals surface area contributed by atoms with Crippen LogP contribution in [0.15, 0.2) is 18.2 Å². The van der Waals surface area contributed by atoms with Gasteiger partial charge in [-0.25, -0.2) is 0 Å². The molecule has 0 aromatic heterocycles. The van der Waals surface area contributed by atoms with Gasteiger partial charge in [-0.3, -0.25) is 10.1 Å². The van der Waals surface area contributed by atoms with Crippen LogP contribution in [0.1, 0.15) is 18.4 Å². The van der Waals surface area contributed by atoms with Gasteiger partial charge in [0.15, 0.2) is 0 Å². The van der Waals surface area contributed by atoms with Crippen molar-refractivity contribution in [1.29, 1.82) is 0 Å². The first-order valence-electron chi connectivity index (χ1n) is 4.51. The second-order valence-electron chi connectivity index (χ2n) is 3.21. The van der Waals surface area contributed by atoms with Gasteiger partial charge in [0, 0.05) is 19.0 Å². The Labute approximate surface area is 87.3 Å². The molecule has 1 N–H and O–H groups in total. The number of hydrogen-bond acceptors (Lipinski definition) is 4. The molecule has 1 unspecified atom stereocenters. The zero-order valence-corrected chi connectivity index (χ0v) is 8.56. The molecule has 1 aromatic carbocycles. The average Bonchev–Trinajstić information content (AvgIpc) is 2.27. The molecular formula is C10H12N2O3. The van der Waals surface area contributed by atoms with E-state index in [4.69, 9.17) is 0 Å². The van der Waals surface area contributed by atoms with Crippen LogP contribution in [0.5, 0.6) is 0 Å². The Bertz CT molecular complexity index is 390. The van der Waals surface area contributed by atoms with E-state index in [-0.39, 0.29) is 11.6 Å². The molecule has 0 saturated carbocycles. The van der Waals surface area contributed by atoms with E-state index in [1.807, 2.05) is 0 Å². The molecule has 1 atom stereocenters. The van der Waals surface area contributed by atoms with Crippen LogP contribution in [0.2, 0.25) is 0 Å². The van der Waals surface area contributed by atoms with Crippen molar-refractivity contribution in [2.75, 3.05) is 12.4 Å². The topological polar surface area (TPSA) is 72.2 Å². The fourth-order valence-corrected chi connectivity index (χ4v) is 1.27. The second-order valence-corrected chi connectivity index (χ2v) is 3.21. The summed E-state index contributed by atoms with van der Waals surface area (Å²) >= 11 is 0. The van der Waals surface area contributed by atoms with Crippen molar-refractivity contribution in [1.82, 2.24) is 0 Å². The standard InChI is InChI=1S/C10H12N2O3/c1-7(6-13)8-3-4-9(11-2)10(5-8)12(14)15/h3-7,11H,1-2H3. The normalized spacial score (nSPS) is 11.9. The number of anilines is 1. The Kier molecular flexibility index (Phi) is 3.38. The number of aldehydes is 1. The van der Waals surface area contributed by atoms with Gasteiger partial charge in [-0.05, 0) is 11.6 Å². The third-order valence-corrected chi connectivity index (χ3v) is 2.22. The average molecular weight is 208 g/mol. The SMILES string of the molecule is CNc1ccc(C(C)C=O)cc1[N+](=O)[O-]. The van der Waals surface area contributed by atoms with E-state index in [1.165, 1.54) is 6.07 Å². The van der Waals surface area contributed by atoms with Gasteiger partial charge in [0.1, 0.15) is 12.0 Å². The molecule has 0 heterocycles. The second kappa shape index (κ2) is 4.54. The number of nitro benzene ring substituents is 1. The van der Waals surface area contributed by atoms with Gasteiger partial charge in [-0.2, -0.15) is 0 Å². The highest BCUT2D eigenvalue weighted by atomic mass is 16.6. The van der Waals surface area contributed by atoms with E-state index < -0.39 is 4.92 Å². The van der Waals surface area contributed by atoms with Crippen molar-refractivity contribution < 1.29 is 9.72 Å². The van der Waals surface area contributed by atoms with E-state index in [1.54, 1.807) is 26.1 Å². The van der Waals surface area contributed by atoms with Crippen molar-refractivity contribution in [3.63, 3.8) is 0 Å². The summed E-state index contributed by atoms with van der Waals surface area (Å²) < 4.78 is 0. The number of nitrogens with one attached hydrogen (secondary N) is 1. The van der Waals surface area contributed by atoms with E-state index in [9.17, 15) is 14.9 Å². The number of carbonyl (C=O) groups excluding carboxylic acids is 1. The highest BCUT2D eigenvalue weighted by Gasteiger charge is 2.15. The number of nitro groups is 1. The first-order chi connectivity index (χ1) is 7.10. The van der Waals surface area contributed by atoms with Gasteiger partial charge in [0.05, 0.1) is 4.92 Å². The van der Waals surface area contributed by atoms with E-state index >= 15 is 0 Å². The molecule has 1 rings (SSSR count). The molecule has 15 heavy (non-hydrogen) atoms. The first kappa shape index (κ1) is 11.2. The fourth-order valence-electron chi connectivity index (χ4n) is 1.27. The Morgan fingerprint density at radius 3 is 2.67 bits per heavy atom. The van der Waals surface area contributed by atoms with Gasteiger partial charge in [-0.15, -0.1) is 0 Å². The van der Waals surface area contributed by atoms with Crippen molar-refractivity contribution in [2.24, 2.45) is 0 Å². The predicted molar refractivity (Wildman–Crippen MR) is 57.1 cm³/mol. The minimum Gasteiger partial charge on any atom is -0.383 e. The number of nitrogens with zero attached hydrogens (tertiary/aromatic N) is 1. The lowest BCUT2D eigenvalue weighted by molar-refractivity contribution is -0.384. The molecule has 0 saturated heterocycles. The Morgan fingerprint density at radius 1 is 1.53 bits per heavy atom. The molecule has 1 aromatic rings. The van der Waals surface area contributed by atoms with Crippen molar-refractivity contribution >= 4 is 17.7 Å². The third-order valence-electron chi connectivity index (χ3n) is 2.22. The summed E-state index contributed by atoms with van der Waals surface area (Å²) in [4.78, 5) is 20.8. The summed E-state index contributed by atoms with van der Waals surface area (Å²) in [5.41, 5.74) is 1.08. The molecule has 0 spiro atoms. The van der Waals surface area contributed by atoms with Crippen LogP contribution in [0.3, 0.4) is 0 Å². The summed E-state index contributed by atoms with van der Waals surface area (Å²) in [5, 5.41) is 13.5. The van der Waals surface area contributed by atoms with Gasteiger partial charge in [-0.1, -0.05) is 13.0 Å². The third kappa shape index (κ3) is 2.31. The lowest BCUT2D eigenvalue weighted by Crippen LogP contribution is -2.00. The molecular weight excluding hydrogens is 196 g/mol. The lowest BCUT2D eigenvalue weighted by atomic mass is 10.0. The maximum Gasteiger partial charge on any atom is 0.292 e. The maximum atomic E-state index is 10.7. The molecule has 80 valence electrons. The number of rotatable bonds is 4. The van der Waals surface area contributed by atoms with E-state index in [0.717, 1.165) is 6.29 Å². The maximum absolute atomic E-state index is 10.7. The molecule has 5 heteroatoms. The number of carbonyl (C=O) groups is 1. The smallest absolute Gasteiger partial charge is 0.292 e. The summed E-state index contributed by atoms with van der Waals surface area (Å²) in [5.74, 6) is -0.324. The minimum atomic E-state index is -0.465. The Balaban J connectivity index is 3.21. The number of hydrogen-bond donors (Lipinski definition) is 1. The summed E-state index contributed by atoms with van der Waals surface area (Å²) in [7, 11) is 1.62. The summed E-state index contributed by atoms with van der Waals surface area (Å²) in [6, 6.07) is 4.73. The quantitative estimate of drug-likeness (QED) is 0.466. The molecule has 0 aliphatic rings. The highest BCUT2D eigenvalue weighted by molar-refractivity contribution is 5.67. The van der Waals surface area contributed by atoms with E-state index in [2.05, 4.69) is 5.32 Å². The Hall–Kier alpha value is -1.91. The zero-order chi connectivity index (χ0) is 11.4. The molecule has 5 nitrogen and oxygen atoms in total. The van der Waals surface area contributed by atoms with Crippen molar-refractivity contribution in [3.8, 4) is 0 Å². The monoisotopic (exact) mass is 208 g/mol. The van der Waals surface area contributed by atoms with Crippen LogP contribution in [0, 0.1) is 10.1 Å². The molecule has 0 radical (unpaired) electrons. The minimum absolute atomic E-state index is 0.0105. The van der Waals surface area contributed by atoms with Gasteiger partial charge >= 0.3 is 0 Å². The van der Waals surface area contributed by atoms with Crippen LogP contribution in [0.4, 0.5) is 11.4 Å². The number of benzene rings is 1. The largest absolute Gasteiger partial charge is 0.383 e. The highest BCUT2D eigenvalue weighted by Crippen LogP contribution is 2.27. The molecule has 0 aliphatic carbocycles. The Morgan fingerprint density at radius 2 is 2.20 bits per heavy atom. The molecule has 0 bridgehead atoms. The van der Waals surface area contributed by atoms with Gasteiger partial charge in [0.2, 0.25) is 0 Å². The van der Waals surface area contributed by atoms with Crippen LogP contribution in [0.25, 0.3) is 0 Å².